The number of rotatable bonds is 1. The minimum absolute atomic E-state index is 0.0749. The Morgan fingerprint density at radius 2 is 1.65 bits per heavy atom. The fourth-order valence-electron chi connectivity index (χ4n) is 3.34. The van der Waals surface area contributed by atoms with Gasteiger partial charge in [0.05, 0.1) is 28.6 Å². The zero-order chi connectivity index (χ0) is 16.7. The summed E-state index contributed by atoms with van der Waals surface area (Å²) in [7, 11) is 2.00. The van der Waals surface area contributed by atoms with Gasteiger partial charge in [0, 0.05) is 12.7 Å². The molecule has 2 aromatic rings. The van der Waals surface area contributed by atoms with Crippen molar-refractivity contribution < 1.29 is 0 Å². The maximum Gasteiger partial charge on any atom is 0.103 e. The van der Waals surface area contributed by atoms with Crippen LogP contribution in [0.5, 0.6) is 0 Å². The lowest BCUT2D eigenvalue weighted by atomic mass is 10.0. The van der Waals surface area contributed by atoms with E-state index in [0.29, 0.717) is 11.1 Å². The van der Waals surface area contributed by atoms with E-state index in [4.69, 9.17) is 0 Å². The number of para-hydroxylation sites is 1. The number of nitriles is 2. The highest BCUT2D eigenvalue weighted by molar-refractivity contribution is 5.90. The molecule has 1 aliphatic rings. The third kappa shape index (κ3) is 2.12. The third-order valence-electron chi connectivity index (χ3n) is 4.57. The summed E-state index contributed by atoms with van der Waals surface area (Å²) >= 11 is 0. The van der Waals surface area contributed by atoms with Crippen LogP contribution < -0.4 is 9.80 Å². The van der Waals surface area contributed by atoms with Gasteiger partial charge in [-0.3, -0.25) is 0 Å². The second kappa shape index (κ2) is 5.34. The van der Waals surface area contributed by atoms with Gasteiger partial charge < -0.3 is 9.80 Å². The lowest BCUT2D eigenvalue weighted by molar-refractivity contribution is 0.731. The van der Waals surface area contributed by atoms with E-state index >= 15 is 0 Å². The number of aryl methyl sites for hydroxylation is 2. The molecule has 0 radical (unpaired) electrons. The number of nitrogens with zero attached hydrogens (tertiary/aromatic N) is 4. The maximum absolute atomic E-state index is 9.59. The molecule has 114 valence electrons. The molecule has 4 nitrogen and oxygen atoms in total. The van der Waals surface area contributed by atoms with E-state index in [1.54, 1.807) is 6.07 Å². The van der Waals surface area contributed by atoms with E-state index in [1.807, 2.05) is 19.2 Å². The topological polar surface area (TPSA) is 54.1 Å². The summed E-state index contributed by atoms with van der Waals surface area (Å²) in [5, 5.41) is 18.8. The SMILES string of the molecule is Cc1cccc(C)c1N1c2c(C#N)cc(C#N)cc2N(C)[C@@H]1C. The molecule has 0 saturated carbocycles. The molecule has 0 aliphatic carbocycles. The summed E-state index contributed by atoms with van der Waals surface area (Å²) in [6.07, 6.45) is 0.0749. The minimum atomic E-state index is 0.0749. The zero-order valence-electron chi connectivity index (χ0n) is 13.8. The molecule has 23 heavy (non-hydrogen) atoms. The van der Waals surface area contributed by atoms with E-state index in [1.165, 1.54) is 11.1 Å². The standard InChI is InChI=1S/C19H18N4/c1-12-6-5-7-13(2)18(12)23-14(3)22(4)17-9-15(10-20)8-16(11-21)19(17)23/h5-9,14H,1-4H3/t14-/m0/s1. The number of hydrogen-bond acceptors (Lipinski definition) is 4. The molecular weight excluding hydrogens is 284 g/mol. The average molecular weight is 302 g/mol. The van der Waals surface area contributed by atoms with Gasteiger partial charge >= 0.3 is 0 Å². The minimum Gasteiger partial charge on any atom is -0.352 e. The molecule has 0 spiro atoms. The smallest absolute Gasteiger partial charge is 0.103 e. The van der Waals surface area contributed by atoms with Crippen molar-refractivity contribution >= 4 is 17.1 Å². The predicted molar refractivity (Wildman–Crippen MR) is 91.8 cm³/mol. The first-order valence-electron chi connectivity index (χ1n) is 7.56. The average Bonchev–Trinajstić information content (AvgIpc) is 2.79. The van der Waals surface area contributed by atoms with E-state index in [-0.39, 0.29) is 6.17 Å². The maximum atomic E-state index is 9.59. The zero-order valence-corrected chi connectivity index (χ0v) is 13.8. The number of fused-ring (bicyclic) bond motifs is 1. The fourth-order valence-corrected chi connectivity index (χ4v) is 3.34. The molecule has 0 fully saturated rings. The summed E-state index contributed by atoms with van der Waals surface area (Å²) in [5.41, 5.74) is 6.35. The van der Waals surface area contributed by atoms with E-state index in [9.17, 15) is 10.5 Å². The van der Waals surface area contributed by atoms with Crippen molar-refractivity contribution in [3.8, 4) is 12.1 Å². The van der Waals surface area contributed by atoms with Crippen molar-refractivity contribution in [1.82, 2.24) is 0 Å². The molecule has 0 bridgehead atoms. The largest absolute Gasteiger partial charge is 0.352 e. The Morgan fingerprint density at radius 1 is 1.00 bits per heavy atom. The highest BCUT2D eigenvalue weighted by Crippen LogP contribution is 2.47. The van der Waals surface area contributed by atoms with Crippen LogP contribution in [0.25, 0.3) is 0 Å². The number of anilines is 3. The van der Waals surface area contributed by atoms with Crippen LogP contribution in [0.2, 0.25) is 0 Å². The second-order valence-corrected chi connectivity index (χ2v) is 5.97. The monoisotopic (exact) mass is 302 g/mol. The van der Waals surface area contributed by atoms with Gasteiger partial charge in [-0.2, -0.15) is 10.5 Å². The highest BCUT2D eigenvalue weighted by atomic mass is 15.4. The van der Waals surface area contributed by atoms with Gasteiger partial charge in [-0.15, -0.1) is 0 Å². The van der Waals surface area contributed by atoms with Gasteiger partial charge in [-0.05, 0) is 44.0 Å². The summed E-state index contributed by atoms with van der Waals surface area (Å²) in [6.45, 7) is 6.28. The van der Waals surface area contributed by atoms with Crippen LogP contribution in [0.1, 0.15) is 29.2 Å². The van der Waals surface area contributed by atoms with E-state index < -0.39 is 0 Å². The molecule has 1 heterocycles. The van der Waals surface area contributed by atoms with E-state index in [0.717, 1.165) is 17.1 Å². The first-order valence-corrected chi connectivity index (χ1v) is 7.56. The lowest BCUT2D eigenvalue weighted by Gasteiger charge is -2.30. The van der Waals surface area contributed by atoms with Gasteiger partial charge in [0.2, 0.25) is 0 Å². The first-order chi connectivity index (χ1) is 11.0. The molecule has 0 saturated heterocycles. The van der Waals surface area contributed by atoms with Crippen LogP contribution in [0.4, 0.5) is 17.1 Å². The number of benzene rings is 2. The Hall–Kier alpha value is -2.98. The molecular formula is C19H18N4. The lowest BCUT2D eigenvalue weighted by Crippen LogP contribution is -2.36. The molecule has 4 heteroatoms. The van der Waals surface area contributed by atoms with Crippen molar-refractivity contribution in [3.63, 3.8) is 0 Å². The van der Waals surface area contributed by atoms with Crippen LogP contribution in [-0.2, 0) is 0 Å². The molecule has 0 aromatic heterocycles. The van der Waals surface area contributed by atoms with Crippen LogP contribution >= 0.6 is 0 Å². The van der Waals surface area contributed by atoms with Crippen molar-refractivity contribution in [2.24, 2.45) is 0 Å². The van der Waals surface area contributed by atoms with Crippen molar-refractivity contribution in [3.05, 3.63) is 52.6 Å². The van der Waals surface area contributed by atoms with Gasteiger partial charge in [-0.1, -0.05) is 18.2 Å². The Bertz CT molecular complexity index is 850. The van der Waals surface area contributed by atoms with Crippen LogP contribution in [0.3, 0.4) is 0 Å². The molecule has 1 aliphatic heterocycles. The number of hydrogen-bond donors (Lipinski definition) is 0. The normalized spacial score (nSPS) is 16.0. The van der Waals surface area contributed by atoms with Crippen LogP contribution in [0, 0.1) is 36.5 Å². The fraction of sp³-hybridized carbons (Fsp3) is 0.263. The molecule has 0 amide bonds. The highest BCUT2D eigenvalue weighted by Gasteiger charge is 2.35. The summed E-state index contributed by atoms with van der Waals surface area (Å²) < 4.78 is 0. The molecule has 0 N–H and O–H groups in total. The Balaban J connectivity index is 2.33. The molecule has 0 unspecified atom stereocenters. The molecule has 1 atom stereocenters. The van der Waals surface area contributed by atoms with Gasteiger partial charge in [0.15, 0.2) is 0 Å². The summed E-state index contributed by atoms with van der Waals surface area (Å²) in [4.78, 5) is 4.32. The van der Waals surface area contributed by atoms with Gasteiger partial charge in [0.25, 0.3) is 0 Å². The van der Waals surface area contributed by atoms with Gasteiger partial charge in [0.1, 0.15) is 12.2 Å². The van der Waals surface area contributed by atoms with Crippen LogP contribution in [-0.4, -0.2) is 13.2 Å². The molecule has 3 rings (SSSR count). The van der Waals surface area contributed by atoms with Crippen LogP contribution in [0.15, 0.2) is 30.3 Å². The van der Waals surface area contributed by atoms with E-state index in [2.05, 4.69) is 54.8 Å². The van der Waals surface area contributed by atoms with Crippen molar-refractivity contribution in [2.45, 2.75) is 26.9 Å². The van der Waals surface area contributed by atoms with Crippen molar-refractivity contribution in [2.75, 3.05) is 16.8 Å². The predicted octanol–water partition coefficient (Wildman–Crippen LogP) is 3.98. The summed E-state index contributed by atoms with van der Waals surface area (Å²) in [6, 6.07) is 14.2. The first kappa shape index (κ1) is 14.9. The Labute approximate surface area is 136 Å². The third-order valence-corrected chi connectivity index (χ3v) is 4.57. The quantitative estimate of drug-likeness (QED) is 0.799. The summed E-state index contributed by atoms with van der Waals surface area (Å²) in [5.74, 6) is 0. The second-order valence-electron chi connectivity index (χ2n) is 5.97. The Morgan fingerprint density at radius 3 is 2.22 bits per heavy atom. The molecule has 2 aromatic carbocycles. The Kier molecular flexibility index (Phi) is 3.47. The van der Waals surface area contributed by atoms with Gasteiger partial charge in [-0.25, -0.2) is 0 Å². The van der Waals surface area contributed by atoms with Crippen molar-refractivity contribution in [1.29, 1.82) is 10.5 Å².